The molecule has 0 heterocycles. The molecule has 1 unspecified atom stereocenters. The van der Waals surface area contributed by atoms with Gasteiger partial charge in [0.25, 0.3) is 0 Å². The molecular weight excluding hydrogens is 336 g/mol. The van der Waals surface area contributed by atoms with Gasteiger partial charge in [0.1, 0.15) is 12.4 Å². The van der Waals surface area contributed by atoms with Crippen LogP contribution in [0.1, 0.15) is 36.1 Å². The fourth-order valence-corrected chi connectivity index (χ4v) is 2.91. The minimum absolute atomic E-state index is 0.0108. The van der Waals surface area contributed by atoms with Crippen molar-refractivity contribution in [2.24, 2.45) is 5.92 Å². The average Bonchev–Trinajstić information content (AvgIpc) is 2.52. The third-order valence-corrected chi connectivity index (χ3v) is 4.37. The number of rotatable bonds is 6. The first-order valence-corrected chi connectivity index (χ1v) is 8.81. The Labute approximate surface area is 154 Å². The van der Waals surface area contributed by atoms with E-state index in [4.69, 9.17) is 21.1 Å². The van der Waals surface area contributed by atoms with Crippen LogP contribution >= 0.6 is 11.6 Å². The summed E-state index contributed by atoms with van der Waals surface area (Å²) in [6.45, 7) is 10.3. The largest absolute Gasteiger partial charge is 0.478 e. The molecule has 134 valence electrons. The summed E-state index contributed by atoms with van der Waals surface area (Å²) in [7, 11) is 0. The quantitative estimate of drug-likeness (QED) is 0.646. The van der Waals surface area contributed by atoms with E-state index in [2.05, 4.69) is 19.1 Å². The summed E-state index contributed by atoms with van der Waals surface area (Å²) >= 11 is 5.88. The lowest BCUT2D eigenvalue weighted by molar-refractivity contribution is -0.155. The van der Waals surface area contributed by atoms with Crippen molar-refractivity contribution < 1.29 is 14.3 Å². The number of carbonyl (C=O) groups is 1. The molecule has 0 radical (unpaired) electrons. The number of hydrogen-bond acceptors (Lipinski definition) is 3. The van der Waals surface area contributed by atoms with E-state index >= 15 is 0 Å². The van der Waals surface area contributed by atoms with Crippen molar-refractivity contribution in [2.75, 3.05) is 0 Å². The smallest absolute Gasteiger partial charge is 0.347 e. The van der Waals surface area contributed by atoms with Crippen LogP contribution in [0.5, 0.6) is 5.75 Å². The van der Waals surface area contributed by atoms with Gasteiger partial charge in [-0.2, -0.15) is 0 Å². The van der Waals surface area contributed by atoms with Crippen molar-refractivity contribution in [2.45, 2.75) is 47.3 Å². The molecular formula is C21H25ClO3. The van der Waals surface area contributed by atoms with Crippen LogP contribution in [0, 0.1) is 26.7 Å². The molecule has 3 nitrogen and oxygen atoms in total. The van der Waals surface area contributed by atoms with Crippen molar-refractivity contribution in [3.05, 3.63) is 63.7 Å². The van der Waals surface area contributed by atoms with Crippen molar-refractivity contribution in [1.82, 2.24) is 0 Å². The van der Waals surface area contributed by atoms with Gasteiger partial charge in [-0.25, -0.2) is 4.79 Å². The van der Waals surface area contributed by atoms with E-state index in [0.29, 0.717) is 10.8 Å². The van der Waals surface area contributed by atoms with Crippen molar-refractivity contribution in [3.8, 4) is 5.75 Å². The van der Waals surface area contributed by atoms with E-state index in [1.54, 1.807) is 24.3 Å². The molecule has 0 bridgehead atoms. The summed E-state index contributed by atoms with van der Waals surface area (Å²) in [6, 6.07) is 11.2. The highest BCUT2D eigenvalue weighted by Crippen LogP contribution is 2.21. The minimum atomic E-state index is -0.660. The molecule has 0 saturated heterocycles. The summed E-state index contributed by atoms with van der Waals surface area (Å²) in [6.07, 6.45) is -0.660. The number of aryl methyl sites for hydroxylation is 3. The van der Waals surface area contributed by atoms with Crippen molar-refractivity contribution in [1.29, 1.82) is 0 Å². The highest BCUT2D eigenvalue weighted by Gasteiger charge is 2.26. The third-order valence-electron chi connectivity index (χ3n) is 4.11. The van der Waals surface area contributed by atoms with Crippen LogP contribution in [0.3, 0.4) is 0 Å². The number of hydrogen-bond donors (Lipinski definition) is 0. The van der Waals surface area contributed by atoms with Gasteiger partial charge in [0.05, 0.1) is 0 Å². The Balaban J connectivity index is 2.07. The van der Waals surface area contributed by atoms with Gasteiger partial charge in [-0.15, -0.1) is 0 Å². The van der Waals surface area contributed by atoms with Crippen LogP contribution in [-0.2, 0) is 16.1 Å². The Morgan fingerprint density at radius 1 is 1.04 bits per heavy atom. The molecule has 0 aliphatic heterocycles. The zero-order chi connectivity index (χ0) is 18.6. The van der Waals surface area contributed by atoms with Gasteiger partial charge >= 0.3 is 5.97 Å². The standard InChI is InChI=1S/C21H25ClO3/c1-13(2)20(25-18-8-6-17(22)7-9-18)21(23)24-12-19-15(4)10-14(3)11-16(19)5/h6-11,13,20H,12H2,1-5H3. The van der Waals surface area contributed by atoms with Gasteiger partial charge in [-0.05, 0) is 61.7 Å². The second-order valence-corrected chi connectivity index (χ2v) is 7.16. The van der Waals surface area contributed by atoms with E-state index < -0.39 is 6.10 Å². The zero-order valence-electron chi connectivity index (χ0n) is 15.4. The van der Waals surface area contributed by atoms with Gasteiger partial charge in [0, 0.05) is 10.9 Å². The molecule has 2 rings (SSSR count). The third kappa shape index (κ3) is 5.23. The second kappa shape index (κ2) is 8.39. The molecule has 0 saturated carbocycles. The summed E-state index contributed by atoms with van der Waals surface area (Å²) in [4.78, 5) is 12.5. The van der Waals surface area contributed by atoms with E-state index in [9.17, 15) is 4.79 Å². The van der Waals surface area contributed by atoms with Crippen LogP contribution in [0.25, 0.3) is 0 Å². The normalized spacial score (nSPS) is 12.1. The zero-order valence-corrected chi connectivity index (χ0v) is 16.2. The molecule has 0 spiro atoms. The van der Waals surface area contributed by atoms with Crippen LogP contribution in [0.15, 0.2) is 36.4 Å². The Hall–Kier alpha value is -2.00. The lowest BCUT2D eigenvalue weighted by Gasteiger charge is -2.21. The first-order valence-electron chi connectivity index (χ1n) is 8.43. The second-order valence-electron chi connectivity index (χ2n) is 6.72. The van der Waals surface area contributed by atoms with E-state index in [0.717, 1.165) is 16.7 Å². The number of halogens is 1. The Kier molecular flexibility index (Phi) is 6.49. The molecule has 0 fully saturated rings. The first-order chi connectivity index (χ1) is 11.8. The lowest BCUT2D eigenvalue weighted by Crippen LogP contribution is -2.34. The number of ether oxygens (including phenoxy) is 2. The topological polar surface area (TPSA) is 35.5 Å². The van der Waals surface area contributed by atoms with E-state index in [1.807, 2.05) is 27.7 Å². The SMILES string of the molecule is Cc1cc(C)c(COC(=O)C(Oc2ccc(Cl)cc2)C(C)C)c(C)c1. The number of carbonyl (C=O) groups excluding carboxylic acids is 1. The lowest BCUT2D eigenvalue weighted by atomic mass is 10.0. The molecule has 2 aromatic rings. The molecule has 4 heteroatoms. The van der Waals surface area contributed by atoms with Gasteiger partial charge in [0.2, 0.25) is 0 Å². The fraction of sp³-hybridized carbons (Fsp3) is 0.381. The predicted molar refractivity (Wildman–Crippen MR) is 101 cm³/mol. The maximum atomic E-state index is 12.5. The van der Waals surface area contributed by atoms with Gasteiger partial charge in [0.15, 0.2) is 6.10 Å². The van der Waals surface area contributed by atoms with Crippen LogP contribution < -0.4 is 4.74 Å². The molecule has 0 amide bonds. The highest BCUT2D eigenvalue weighted by atomic mass is 35.5. The van der Waals surface area contributed by atoms with Crippen LogP contribution in [0.2, 0.25) is 5.02 Å². The monoisotopic (exact) mass is 360 g/mol. The van der Waals surface area contributed by atoms with Gasteiger partial charge in [-0.1, -0.05) is 43.1 Å². The molecule has 0 aromatic heterocycles. The maximum absolute atomic E-state index is 12.5. The molecule has 0 aliphatic carbocycles. The summed E-state index contributed by atoms with van der Waals surface area (Å²) in [5.41, 5.74) is 4.51. The number of benzene rings is 2. The number of esters is 1. The van der Waals surface area contributed by atoms with Gasteiger partial charge in [-0.3, -0.25) is 0 Å². The molecule has 25 heavy (non-hydrogen) atoms. The molecule has 0 N–H and O–H groups in total. The van der Waals surface area contributed by atoms with Crippen molar-refractivity contribution >= 4 is 17.6 Å². The van der Waals surface area contributed by atoms with Gasteiger partial charge < -0.3 is 9.47 Å². The van der Waals surface area contributed by atoms with Crippen molar-refractivity contribution in [3.63, 3.8) is 0 Å². The van der Waals surface area contributed by atoms with E-state index in [-0.39, 0.29) is 18.5 Å². The first kappa shape index (κ1) is 19.3. The van der Waals surface area contributed by atoms with Crippen LogP contribution in [-0.4, -0.2) is 12.1 Å². The molecule has 0 aliphatic rings. The average molecular weight is 361 g/mol. The minimum Gasteiger partial charge on any atom is -0.478 e. The summed E-state index contributed by atoms with van der Waals surface area (Å²) < 4.78 is 11.4. The predicted octanol–water partition coefficient (Wildman–Crippen LogP) is 5.41. The highest BCUT2D eigenvalue weighted by molar-refractivity contribution is 6.30. The summed E-state index contributed by atoms with van der Waals surface area (Å²) in [5, 5.41) is 0.626. The Morgan fingerprint density at radius 3 is 2.12 bits per heavy atom. The Bertz CT molecular complexity index is 712. The molecule has 2 aromatic carbocycles. The fourth-order valence-electron chi connectivity index (χ4n) is 2.78. The summed E-state index contributed by atoms with van der Waals surface area (Å²) in [5.74, 6) is 0.232. The Morgan fingerprint density at radius 2 is 1.60 bits per heavy atom. The van der Waals surface area contributed by atoms with E-state index in [1.165, 1.54) is 5.56 Å². The molecule has 1 atom stereocenters. The van der Waals surface area contributed by atoms with Crippen LogP contribution in [0.4, 0.5) is 0 Å². The maximum Gasteiger partial charge on any atom is 0.347 e.